The van der Waals surface area contributed by atoms with Crippen molar-refractivity contribution in [3.8, 4) is 5.75 Å². The molecule has 0 atom stereocenters. The van der Waals surface area contributed by atoms with Gasteiger partial charge in [0.15, 0.2) is 0 Å². The standard InChI is InChI=1S/C18H25N3O2/c1-13-10-19-7-4-18(13)22-12-16-5-8-21(9-6-16)11-17-14(2)20-23-15(17)3/h4,7,10,16H,5-6,8-9,11-12H2,1-3H3. The van der Waals surface area contributed by atoms with Crippen molar-refractivity contribution in [2.45, 2.75) is 40.2 Å². The second-order valence-corrected chi connectivity index (χ2v) is 6.47. The third kappa shape index (κ3) is 3.91. The quantitative estimate of drug-likeness (QED) is 0.847. The Balaban J connectivity index is 1.46. The van der Waals surface area contributed by atoms with Crippen LogP contribution in [0, 0.1) is 26.7 Å². The van der Waals surface area contributed by atoms with Crippen molar-refractivity contribution in [2.24, 2.45) is 5.92 Å². The number of pyridine rings is 1. The van der Waals surface area contributed by atoms with Crippen LogP contribution in [0.2, 0.25) is 0 Å². The second-order valence-electron chi connectivity index (χ2n) is 6.47. The lowest BCUT2D eigenvalue weighted by molar-refractivity contribution is 0.136. The molecule has 0 N–H and O–H groups in total. The van der Waals surface area contributed by atoms with Crippen molar-refractivity contribution in [3.05, 3.63) is 41.0 Å². The SMILES string of the molecule is Cc1cnccc1OCC1CCN(Cc2c(C)noc2C)CC1. The predicted molar refractivity (Wildman–Crippen MR) is 88.4 cm³/mol. The Kier molecular flexibility index (Phi) is 4.96. The van der Waals surface area contributed by atoms with E-state index in [4.69, 9.17) is 9.26 Å². The first-order valence-electron chi connectivity index (χ1n) is 8.31. The fourth-order valence-electron chi connectivity index (χ4n) is 3.09. The van der Waals surface area contributed by atoms with Gasteiger partial charge >= 0.3 is 0 Å². The molecule has 5 nitrogen and oxygen atoms in total. The van der Waals surface area contributed by atoms with E-state index in [1.807, 2.05) is 33.0 Å². The average molecular weight is 315 g/mol. The molecular formula is C18H25N3O2. The van der Waals surface area contributed by atoms with Gasteiger partial charge < -0.3 is 9.26 Å². The fourth-order valence-corrected chi connectivity index (χ4v) is 3.09. The first-order chi connectivity index (χ1) is 11.1. The molecule has 1 saturated heterocycles. The van der Waals surface area contributed by atoms with Crippen LogP contribution in [-0.4, -0.2) is 34.7 Å². The van der Waals surface area contributed by atoms with E-state index in [0.717, 1.165) is 49.0 Å². The van der Waals surface area contributed by atoms with Gasteiger partial charge in [-0.05, 0) is 58.7 Å². The van der Waals surface area contributed by atoms with Gasteiger partial charge in [-0.2, -0.15) is 0 Å². The van der Waals surface area contributed by atoms with Crippen molar-refractivity contribution in [3.63, 3.8) is 0 Å². The summed E-state index contributed by atoms with van der Waals surface area (Å²) in [7, 11) is 0. The summed E-state index contributed by atoms with van der Waals surface area (Å²) in [5.74, 6) is 2.53. The third-order valence-electron chi connectivity index (χ3n) is 4.71. The minimum Gasteiger partial charge on any atom is -0.493 e. The van der Waals surface area contributed by atoms with Gasteiger partial charge in [-0.3, -0.25) is 9.88 Å². The zero-order valence-corrected chi connectivity index (χ0v) is 14.2. The Bertz CT molecular complexity index is 626. The number of aryl methyl sites for hydroxylation is 3. The topological polar surface area (TPSA) is 51.4 Å². The summed E-state index contributed by atoms with van der Waals surface area (Å²) in [5.41, 5.74) is 3.36. The highest BCUT2D eigenvalue weighted by Crippen LogP contribution is 2.23. The number of rotatable bonds is 5. The van der Waals surface area contributed by atoms with Crippen LogP contribution >= 0.6 is 0 Å². The van der Waals surface area contributed by atoms with Crippen LogP contribution in [-0.2, 0) is 6.54 Å². The van der Waals surface area contributed by atoms with Crippen LogP contribution < -0.4 is 4.74 Å². The molecule has 124 valence electrons. The molecule has 0 unspecified atom stereocenters. The molecule has 1 fully saturated rings. The minimum atomic E-state index is 0.628. The molecular weight excluding hydrogens is 290 g/mol. The minimum absolute atomic E-state index is 0.628. The molecule has 5 heteroatoms. The molecule has 2 aromatic rings. The van der Waals surface area contributed by atoms with Crippen molar-refractivity contribution in [1.82, 2.24) is 15.0 Å². The maximum Gasteiger partial charge on any atom is 0.138 e. The van der Waals surface area contributed by atoms with Crippen molar-refractivity contribution in [2.75, 3.05) is 19.7 Å². The second kappa shape index (κ2) is 7.13. The molecule has 1 aliphatic rings. The summed E-state index contributed by atoms with van der Waals surface area (Å²) in [4.78, 5) is 6.59. The van der Waals surface area contributed by atoms with Crippen LogP contribution in [0.15, 0.2) is 23.0 Å². The van der Waals surface area contributed by atoms with Gasteiger partial charge in [0.25, 0.3) is 0 Å². The first-order valence-corrected chi connectivity index (χ1v) is 8.31. The fraction of sp³-hybridized carbons (Fsp3) is 0.556. The van der Waals surface area contributed by atoms with Gasteiger partial charge in [0.2, 0.25) is 0 Å². The number of piperidine rings is 1. The van der Waals surface area contributed by atoms with Crippen LogP contribution in [0.1, 0.15) is 35.4 Å². The molecule has 3 heterocycles. The number of hydrogen-bond acceptors (Lipinski definition) is 5. The zero-order valence-electron chi connectivity index (χ0n) is 14.2. The normalized spacial score (nSPS) is 16.7. The lowest BCUT2D eigenvalue weighted by Gasteiger charge is -2.31. The first kappa shape index (κ1) is 16.0. The van der Waals surface area contributed by atoms with Crippen LogP contribution in [0.4, 0.5) is 0 Å². The Morgan fingerprint density at radius 2 is 2.04 bits per heavy atom. The highest BCUT2D eigenvalue weighted by Gasteiger charge is 2.22. The number of hydrogen-bond donors (Lipinski definition) is 0. The Labute approximate surface area is 137 Å². The molecule has 2 aromatic heterocycles. The van der Waals surface area contributed by atoms with E-state index in [9.17, 15) is 0 Å². The molecule has 0 aliphatic carbocycles. The van der Waals surface area contributed by atoms with Gasteiger partial charge in [0.05, 0.1) is 12.3 Å². The highest BCUT2D eigenvalue weighted by atomic mass is 16.5. The maximum atomic E-state index is 5.97. The van der Waals surface area contributed by atoms with E-state index >= 15 is 0 Å². The molecule has 0 radical (unpaired) electrons. The van der Waals surface area contributed by atoms with Crippen LogP contribution in [0.5, 0.6) is 5.75 Å². The molecule has 0 saturated carbocycles. The summed E-state index contributed by atoms with van der Waals surface area (Å²) >= 11 is 0. The van der Waals surface area contributed by atoms with Crippen LogP contribution in [0.25, 0.3) is 0 Å². The smallest absolute Gasteiger partial charge is 0.138 e. The van der Waals surface area contributed by atoms with Crippen molar-refractivity contribution in [1.29, 1.82) is 0 Å². The molecule has 1 aliphatic heterocycles. The molecule has 0 aromatic carbocycles. The summed E-state index contributed by atoms with van der Waals surface area (Å²) in [6.07, 6.45) is 5.98. The Hall–Kier alpha value is -1.88. The van der Waals surface area contributed by atoms with E-state index in [2.05, 4.69) is 15.0 Å². The van der Waals surface area contributed by atoms with E-state index in [1.54, 1.807) is 6.20 Å². The van der Waals surface area contributed by atoms with Gasteiger partial charge in [0, 0.05) is 30.1 Å². The van der Waals surface area contributed by atoms with Gasteiger partial charge in [-0.1, -0.05) is 5.16 Å². The maximum absolute atomic E-state index is 5.97. The highest BCUT2D eigenvalue weighted by molar-refractivity contribution is 5.28. The van der Waals surface area contributed by atoms with Crippen LogP contribution in [0.3, 0.4) is 0 Å². The predicted octanol–water partition coefficient (Wildman–Crippen LogP) is 3.29. The molecule has 0 amide bonds. The van der Waals surface area contributed by atoms with Crippen molar-refractivity contribution < 1.29 is 9.26 Å². The summed E-state index contributed by atoms with van der Waals surface area (Å²) < 4.78 is 11.2. The largest absolute Gasteiger partial charge is 0.493 e. The van der Waals surface area contributed by atoms with Gasteiger partial charge in [-0.15, -0.1) is 0 Å². The Morgan fingerprint density at radius 1 is 1.26 bits per heavy atom. The van der Waals surface area contributed by atoms with E-state index in [0.29, 0.717) is 5.92 Å². The Morgan fingerprint density at radius 3 is 2.70 bits per heavy atom. The van der Waals surface area contributed by atoms with Crippen molar-refractivity contribution >= 4 is 0 Å². The number of ether oxygens (including phenoxy) is 1. The lowest BCUT2D eigenvalue weighted by Crippen LogP contribution is -2.35. The zero-order chi connectivity index (χ0) is 16.2. The number of nitrogens with zero attached hydrogens (tertiary/aromatic N) is 3. The molecule has 23 heavy (non-hydrogen) atoms. The monoisotopic (exact) mass is 315 g/mol. The van der Waals surface area contributed by atoms with Gasteiger partial charge in [0.1, 0.15) is 11.5 Å². The van der Waals surface area contributed by atoms with E-state index in [1.165, 1.54) is 18.4 Å². The molecule has 0 spiro atoms. The lowest BCUT2D eigenvalue weighted by atomic mass is 9.97. The molecule has 3 rings (SSSR count). The molecule has 0 bridgehead atoms. The average Bonchev–Trinajstić information content (AvgIpc) is 2.87. The summed E-state index contributed by atoms with van der Waals surface area (Å²) in [6, 6.07) is 1.95. The summed E-state index contributed by atoms with van der Waals surface area (Å²) in [5, 5.41) is 4.04. The third-order valence-corrected chi connectivity index (χ3v) is 4.71. The number of likely N-dealkylation sites (tertiary alicyclic amines) is 1. The van der Waals surface area contributed by atoms with Gasteiger partial charge in [-0.25, -0.2) is 0 Å². The number of aromatic nitrogens is 2. The van der Waals surface area contributed by atoms with E-state index in [-0.39, 0.29) is 0 Å². The summed E-state index contributed by atoms with van der Waals surface area (Å²) in [6.45, 7) is 9.99. The van der Waals surface area contributed by atoms with E-state index < -0.39 is 0 Å².